The average molecular weight is 390 g/mol. The van der Waals surface area contributed by atoms with Gasteiger partial charge in [0.2, 0.25) is 5.91 Å². The molecule has 1 aromatic carbocycles. The Morgan fingerprint density at radius 3 is 2.89 bits per heavy atom. The highest BCUT2D eigenvalue weighted by Crippen LogP contribution is 2.28. The summed E-state index contributed by atoms with van der Waals surface area (Å²) in [4.78, 5) is 19.4. The molecule has 1 aromatic heterocycles. The van der Waals surface area contributed by atoms with E-state index in [2.05, 4.69) is 22.1 Å². The summed E-state index contributed by atoms with van der Waals surface area (Å²) in [7, 11) is 3.18. The molecule has 6 nitrogen and oxygen atoms in total. The minimum absolute atomic E-state index is 0.0882. The molecular weight excluding hydrogens is 362 g/mol. The Bertz CT molecular complexity index is 778. The summed E-state index contributed by atoms with van der Waals surface area (Å²) in [5.74, 6) is 1.93. The van der Waals surface area contributed by atoms with Gasteiger partial charge in [-0.3, -0.25) is 9.69 Å². The summed E-state index contributed by atoms with van der Waals surface area (Å²) in [6.07, 6.45) is 2.82. The Morgan fingerprint density at radius 1 is 1.33 bits per heavy atom. The number of carbonyl (C=O) groups excluding carboxylic acids is 1. The van der Waals surface area contributed by atoms with Crippen LogP contribution in [0.25, 0.3) is 0 Å². The van der Waals surface area contributed by atoms with E-state index in [1.165, 1.54) is 24.2 Å². The van der Waals surface area contributed by atoms with Gasteiger partial charge in [-0.25, -0.2) is 4.98 Å². The van der Waals surface area contributed by atoms with E-state index >= 15 is 0 Å². The third-order valence-electron chi connectivity index (χ3n) is 4.74. The molecule has 7 heteroatoms. The van der Waals surface area contributed by atoms with E-state index in [1.807, 2.05) is 23.6 Å². The molecule has 2 heterocycles. The summed E-state index contributed by atoms with van der Waals surface area (Å²) in [5, 5.41) is 5.59. The SMILES string of the molecule is COc1ccc(CC(=O)Nc2nc(CN3CCCC(C)C3)cs2)cc1OC. The fraction of sp³-hybridized carbons (Fsp3) is 0.500. The predicted molar refractivity (Wildman–Crippen MR) is 108 cm³/mol. The number of likely N-dealkylation sites (tertiary alicyclic amines) is 1. The molecule has 146 valence electrons. The molecular formula is C20H27N3O3S. The molecule has 1 aliphatic heterocycles. The van der Waals surface area contributed by atoms with Crippen LogP contribution in [-0.2, 0) is 17.8 Å². The normalized spacial score (nSPS) is 17.5. The molecule has 2 aromatic rings. The smallest absolute Gasteiger partial charge is 0.230 e. The number of benzene rings is 1. The second-order valence-electron chi connectivity index (χ2n) is 7.04. The maximum Gasteiger partial charge on any atom is 0.230 e. The van der Waals surface area contributed by atoms with Gasteiger partial charge in [-0.1, -0.05) is 13.0 Å². The van der Waals surface area contributed by atoms with Crippen molar-refractivity contribution < 1.29 is 14.3 Å². The summed E-state index contributed by atoms with van der Waals surface area (Å²) in [6.45, 7) is 5.40. The molecule has 1 N–H and O–H groups in total. The van der Waals surface area contributed by atoms with Crippen LogP contribution in [0.15, 0.2) is 23.6 Å². The molecule has 1 fully saturated rings. The summed E-state index contributed by atoms with van der Waals surface area (Å²) in [5.41, 5.74) is 1.89. The standard InChI is InChI=1S/C20H27N3O3S/c1-14-5-4-8-23(11-14)12-16-13-27-20(21-16)22-19(24)10-15-6-7-17(25-2)18(9-15)26-3/h6-7,9,13-14H,4-5,8,10-12H2,1-3H3,(H,21,22,24). The molecule has 27 heavy (non-hydrogen) atoms. The van der Waals surface area contributed by atoms with Crippen LogP contribution in [0.1, 0.15) is 31.0 Å². The number of thiazole rings is 1. The third-order valence-corrected chi connectivity index (χ3v) is 5.54. The second kappa shape index (κ2) is 9.19. The highest BCUT2D eigenvalue weighted by Gasteiger charge is 2.17. The van der Waals surface area contributed by atoms with Crippen molar-refractivity contribution in [3.05, 3.63) is 34.8 Å². The van der Waals surface area contributed by atoms with Gasteiger partial charge in [0.1, 0.15) is 0 Å². The van der Waals surface area contributed by atoms with Gasteiger partial charge in [-0.2, -0.15) is 0 Å². The van der Waals surface area contributed by atoms with Crippen molar-refractivity contribution in [2.24, 2.45) is 5.92 Å². The van der Waals surface area contributed by atoms with Crippen LogP contribution in [0, 0.1) is 5.92 Å². The average Bonchev–Trinajstić information content (AvgIpc) is 3.08. The lowest BCUT2D eigenvalue weighted by Crippen LogP contribution is -2.33. The van der Waals surface area contributed by atoms with E-state index in [9.17, 15) is 4.79 Å². The molecule has 1 unspecified atom stereocenters. The lowest BCUT2D eigenvalue weighted by Gasteiger charge is -2.30. The van der Waals surface area contributed by atoms with Gasteiger partial charge in [0.05, 0.1) is 26.3 Å². The van der Waals surface area contributed by atoms with Crippen LogP contribution in [0.5, 0.6) is 11.5 Å². The molecule has 0 bridgehead atoms. The summed E-state index contributed by atoms with van der Waals surface area (Å²) < 4.78 is 10.5. The van der Waals surface area contributed by atoms with E-state index in [0.29, 0.717) is 16.6 Å². The highest BCUT2D eigenvalue weighted by atomic mass is 32.1. The Kier molecular flexibility index (Phi) is 6.68. The van der Waals surface area contributed by atoms with Crippen LogP contribution in [0.3, 0.4) is 0 Å². The van der Waals surface area contributed by atoms with E-state index < -0.39 is 0 Å². The number of ether oxygens (including phenoxy) is 2. The number of nitrogens with zero attached hydrogens (tertiary/aromatic N) is 2. The number of piperidine rings is 1. The van der Waals surface area contributed by atoms with Crippen LogP contribution < -0.4 is 14.8 Å². The zero-order chi connectivity index (χ0) is 19.2. The first-order valence-electron chi connectivity index (χ1n) is 9.25. The number of hydrogen-bond acceptors (Lipinski definition) is 6. The zero-order valence-electron chi connectivity index (χ0n) is 16.2. The number of aromatic nitrogens is 1. The minimum atomic E-state index is -0.0882. The zero-order valence-corrected chi connectivity index (χ0v) is 17.0. The third kappa shape index (κ3) is 5.43. The first-order valence-corrected chi connectivity index (χ1v) is 10.1. The van der Waals surface area contributed by atoms with Gasteiger partial charge in [-0.15, -0.1) is 11.3 Å². The van der Waals surface area contributed by atoms with Crippen molar-refractivity contribution >= 4 is 22.4 Å². The number of amides is 1. The van der Waals surface area contributed by atoms with Crippen molar-refractivity contribution in [1.29, 1.82) is 0 Å². The largest absolute Gasteiger partial charge is 0.493 e. The van der Waals surface area contributed by atoms with Gasteiger partial charge < -0.3 is 14.8 Å². The second-order valence-corrected chi connectivity index (χ2v) is 7.90. The summed E-state index contributed by atoms with van der Waals surface area (Å²) >= 11 is 1.48. The maximum absolute atomic E-state index is 12.4. The monoisotopic (exact) mass is 389 g/mol. The highest BCUT2D eigenvalue weighted by molar-refractivity contribution is 7.13. The molecule has 1 saturated heterocycles. The number of anilines is 1. The molecule has 0 saturated carbocycles. The van der Waals surface area contributed by atoms with Gasteiger partial charge >= 0.3 is 0 Å². The van der Waals surface area contributed by atoms with Crippen molar-refractivity contribution in [3.63, 3.8) is 0 Å². The van der Waals surface area contributed by atoms with Gasteiger partial charge in [0.15, 0.2) is 16.6 Å². The van der Waals surface area contributed by atoms with Crippen LogP contribution in [0.2, 0.25) is 0 Å². The molecule has 3 rings (SSSR count). The number of rotatable bonds is 7. The Morgan fingerprint density at radius 2 is 2.15 bits per heavy atom. The molecule has 0 radical (unpaired) electrons. The van der Waals surface area contributed by atoms with Crippen molar-refractivity contribution in [3.8, 4) is 11.5 Å². The fourth-order valence-electron chi connectivity index (χ4n) is 3.44. The van der Waals surface area contributed by atoms with Crippen LogP contribution in [-0.4, -0.2) is 43.1 Å². The van der Waals surface area contributed by atoms with Gasteiger partial charge in [0, 0.05) is 18.5 Å². The number of methoxy groups -OCH3 is 2. The number of nitrogens with one attached hydrogen (secondary N) is 1. The van der Waals surface area contributed by atoms with Crippen molar-refractivity contribution in [2.75, 3.05) is 32.6 Å². The van der Waals surface area contributed by atoms with E-state index in [1.54, 1.807) is 14.2 Å². The number of carbonyl (C=O) groups is 1. The maximum atomic E-state index is 12.4. The van der Waals surface area contributed by atoms with Crippen molar-refractivity contribution in [2.45, 2.75) is 32.7 Å². The van der Waals surface area contributed by atoms with E-state index in [-0.39, 0.29) is 12.3 Å². The molecule has 0 spiro atoms. The summed E-state index contributed by atoms with van der Waals surface area (Å²) in [6, 6.07) is 5.50. The molecule has 1 atom stereocenters. The first kappa shape index (κ1) is 19.6. The van der Waals surface area contributed by atoms with E-state index in [0.717, 1.165) is 36.8 Å². The topological polar surface area (TPSA) is 63.7 Å². The van der Waals surface area contributed by atoms with Crippen molar-refractivity contribution in [1.82, 2.24) is 9.88 Å². The lowest BCUT2D eigenvalue weighted by atomic mass is 10.0. The molecule has 0 aliphatic carbocycles. The fourth-order valence-corrected chi connectivity index (χ4v) is 4.15. The quantitative estimate of drug-likeness (QED) is 0.784. The van der Waals surface area contributed by atoms with Crippen LogP contribution in [0.4, 0.5) is 5.13 Å². The van der Waals surface area contributed by atoms with Gasteiger partial charge in [0.25, 0.3) is 0 Å². The number of hydrogen-bond donors (Lipinski definition) is 1. The molecule has 1 aliphatic rings. The first-order chi connectivity index (χ1) is 13.1. The lowest BCUT2D eigenvalue weighted by molar-refractivity contribution is -0.115. The molecule has 1 amide bonds. The minimum Gasteiger partial charge on any atom is -0.493 e. The van der Waals surface area contributed by atoms with Crippen LogP contribution >= 0.6 is 11.3 Å². The predicted octanol–water partition coefficient (Wildman–Crippen LogP) is 3.57. The Balaban J connectivity index is 1.54. The van der Waals surface area contributed by atoms with E-state index in [4.69, 9.17) is 9.47 Å². The Labute approximate surface area is 164 Å². The Hall–Kier alpha value is -2.12. The van der Waals surface area contributed by atoms with Gasteiger partial charge in [-0.05, 0) is 43.0 Å².